The van der Waals surface area contributed by atoms with Crippen molar-refractivity contribution in [3.05, 3.63) is 72.9 Å². The third-order valence-corrected chi connectivity index (χ3v) is 7.64. The van der Waals surface area contributed by atoms with Crippen LogP contribution in [0.4, 0.5) is 0 Å². The number of nitrogens with one attached hydrogen (secondary N) is 1. The highest BCUT2D eigenvalue weighted by Crippen LogP contribution is 2.10. The zero-order valence-corrected chi connectivity index (χ0v) is 28.6. The number of aliphatic hydroxyl groups excluding tert-OH is 2. The molecule has 0 radical (unpaired) electrons. The fourth-order valence-electron chi connectivity index (χ4n) is 4.80. The number of hydrogen-bond acceptors (Lipinski definition) is 3. The first-order valence-corrected chi connectivity index (χ1v) is 18.2. The Kier molecular flexibility index (Phi) is 33.6. The van der Waals surface area contributed by atoms with Crippen LogP contribution in [-0.4, -0.2) is 34.9 Å². The quantitative estimate of drug-likeness (QED) is 0.0539. The molecule has 0 saturated carbocycles. The van der Waals surface area contributed by atoms with E-state index in [2.05, 4.69) is 79.9 Å². The van der Waals surface area contributed by atoms with Crippen molar-refractivity contribution in [2.75, 3.05) is 6.61 Å². The summed E-state index contributed by atoms with van der Waals surface area (Å²) in [5.41, 5.74) is 0. The highest BCUT2D eigenvalue weighted by molar-refractivity contribution is 5.76. The van der Waals surface area contributed by atoms with Gasteiger partial charge in [-0.15, -0.1) is 0 Å². The van der Waals surface area contributed by atoms with Crippen LogP contribution in [0.1, 0.15) is 155 Å². The molecule has 0 aliphatic carbocycles. The van der Waals surface area contributed by atoms with Gasteiger partial charge in [-0.25, -0.2) is 0 Å². The molecule has 2 unspecified atom stereocenters. The van der Waals surface area contributed by atoms with Gasteiger partial charge in [0.25, 0.3) is 0 Å². The molecule has 0 aromatic rings. The van der Waals surface area contributed by atoms with E-state index in [1.165, 1.54) is 70.6 Å². The van der Waals surface area contributed by atoms with Gasteiger partial charge < -0.3 is 15.5 Å². The predicted molar refractivity (Wildman–Crippen MR) is 193 cm³/mol. The van der Waals surface area contributed by atoms with Crippen molar-refractivity contribution in [2.45, 2.75) is 167 Å². The van der Waals surface area contributed by atoms with Crippen LogP contribution in [0.15, 0.2) is 72.9 Å². The first kappa shape index (κ1) is 41.8. The molecular formula is C40H69NO3. The van der Waals surface area contributed by atoms with Crippen LogP contribution in [0.2, 0.25) is 0 Å². The molecule has 4 heteroatoms. The van der Waals surface area contributed by atoms with E-state index in [9.17, 15) is 15.0 Å². The number of hydrogen-bond donors (Lipinski definition) is 3. The van der Waals surface area contributed by atoms with Gasteiger partial charge in [0.15, 0.2) is 0 Å². The lowest BCUT2D eigenvalue weighted by atomic mass is 10.1. The van der Waals surface area contributed by atoms with E-state index < -0.39 is 12.1 Å². The number of carbonyl (C=O) groups is 1. The molecule has 3 N–H and O–H groups in total. The second-order valence-electron chi connectivity index (χ2n) is 11.9. The molecule has 0 aromatic heterocycles. The molecule has 4 nitrogen and oxygen atoms in total. The minimum Gasteiger partial charge on any atom is -0.394 e. The Labute approximate surface area is 272 Å². The van der Waals surface area contributed by atoms with E-state index in [0.717, 1.165) is 64.2 Å². The standard InChI is InChI=1S/C40H69NO3/c1-3-5-7-9-11-13-15-17-18-19-20-21-22-24-26-28-30-32-34-36-40(44)41-38(37-42)39(43)35-33-31-29-27-25-23-16-14-12-10-8-6-4-2/h11-14,17-18,20-21,25,27,33,35,38-39,42-43H,3-10,15-16,19,22-24,26,28-32,34,36-37H2,1-2H3,(H,41,44)/b13-11-,14-12+,18-17-,21-20-,27-25+,35-33+. The Morgan fingerprint density at radius 2 is 0.955 bits per heavy atom. The Balaban J connectivity index is 3.75. The average Bonchev–Trinajstić information content (AvgIpc) is 3.03. The second-order valence-corrected chi connectivity index (χ2v) is 11.9. The van der Waals surface area contributed by atoms with Gasteiger partial charge in [-0.05, 0) is 83.5 Å². The van der Waals surface area contributed by atoms with Crippen molar-refractivity contribution in [2.24, 2.45) is 0 Å². The summed E-state index contributed by atoms with van der Waals surface area (Å²) < 4.78 is 0. The van der Waals surface area contributed by atoms with E-state index in [1.807, 2.05) is 6.08 Å². The molecule has 0 aliphatic rings. The molecule has 1 amide bonds. The van der Waals surface area contributed by atoms with Gasteiger partial charge in [0.1, 0.15) is 0 Å². The Morgan fingerprint density at radius 1 is 0.545 bits per heavy atom. The van der Waals surface area contributed by atoms with Crippen molar-refractivity contribution in [1.29, 1.82) is 0 Å². The summed E-state index contributed by atoms with van der Waals surface area (Å²) >= 11 is 0. The molecular weight excluding hydrogens is 542 g/mol. The van der Waals surface area contributed by atoms with E-state index >= 15 is 0 Å². The molecule has 0 heterocycles. The molecule has 0 fully saturated rings. The van der Waals surface area contributed by atoms with Gasteiger partial charge in [0, 0.05) is 6.42 Å². The molecule has 0 aromatic carbocycles. The largest absolute Gasteiger partial charge is 0.394 e. The summed E-state index contributed by atoms with van der Waals surface area (Å²) in [4.78, 5) is 12.3. The molecule has 0 spiro atoms. The van der Waals surface area contributed by atoms with Gasteiger partial charge in [-0.2, -0.15) is 0 Å². The summed E-state index contributed by atoms with van der Waals surface area (Å²) in [6, 6.07) is -0.654. The van der Waals surface area contributed by atoms with Gasteiger partial charge in [-0.3, -0.25) is 4.79 Å². The fraction of sp³-hybridized carbons (Fsp3) is 0.675. The lowest BCUT2D eigenvalue weighted by molar-refractivity contribution is -0.123. The summed E-state index contributed by atoms with van der Waals surface area (Å²) in [6.45, 7) is 4.20. The summed E-state index contributed by atoms with van der Waals surface area (Å²) in [7, 11) is 0. The molecule has 2 atom stereocenters. The Morgan fingerprint density at radius 3 is 1.48 bits per heavy atom. The maximum atomic E-state index is 12.3. The fourth-order valence-corrected chi connectivity index (χ4v) is 4.80. The first-order chi connectivity index (χ1) is 21.7. The van der Waals surface area contributed by atoms with E-state index in [0.29, 0.717) is 6.42 Å². The van der Waals surface area contributed by atoms with Crippen LogP contribution in [0.5, 0.6) is 0 Å². The summed E-state index contributed by atoms with van der Waals surface area (Å²) in [5.74, 6) is -0.0963. The monoisotopic (exact) mass is 612 g/mol. The number of rotatable bonds is 31. The van der Waals surface area contributed by atoms with Crippen molar-refractivity contribution < 1.29 is 15.0 Å². The highest BCUT2D eigenvalue weighted by atomic mass is 16.3. The van der Waals surface area contributed by atoms with Gasteiger partial charge >= 0.3 is 0 Å². The van der Waals surface area contributed by atoms with Crippen molar-refractivity contribution in [3.63, 3.8) is 0 Å². The second kappa shape index (κ2) is 35.3. The molecule has 0 rings (SSSR count). The maximum Gasteiger partial charge on any atom is 0.220 e. The molecule has 44 heavy (non-hydrogen) atoms. The van der Waals surface area contributed by atoms with Crippen LogP contribution < -0.4 is 5.32 Å². The van der Waals surface area contributed by atoms with Crippen LogP contribution in [0.3, 0.4) is 0 Å². The topological polar surface area (TPSA) is 69.6 Å². The number of unbranched alkanes of at least 4 members (excludes halogenated alkanes) is 14. The Hall–Kier alpha value is -2.17. The highest BCUT2D eigenvalue weighted by Gasteiger charge is 2.17. The lowest BCUT2D eigenvalue weighted by Gasteiger charge is -2.19. The van der Waals surface area contributed by atoms with E-state index in [1.54, 1.807) is 6.08 Å². The van der Waals surface area contributed by atoms with Crippen molar-refractivity contribution in [3.8, 4) is 0 Å². The van der Waals surface area contributed by atoms with Gasteiger partial charge in [-0.1, -0.05) is 138 Å². The zero-order chi connectivity index (χ0) is 32.2. The molecule has 0 aliphatic heterocycles. The number of allylic oxidation sites excluding steroid dienone is 11. The molecule has 252 valence electrons. The minimum absolute atomic E-state index is 0.0963. The zero-order valence-electron chi connectivity index (χ0n) is 28.6. The average molecular weight is 612 g/mol. The number of aliphatic hydroxyl groups is 2. The third kappa shape index (κ3) is 31.3. The van der Waals surface area contributed by atoms with Crippen LogP contribution in [0, 0.1) is 0 Å². The van der Waals surface area contributed by atoms with Gasteiger partial charge in [0.05, 0.1) is 18.8 Å². The number of carbonyl (C=O) groups excluding carboxylic acids is 1. The minimum atomic E-state index is -0.877. The van der Waals surface area contributed by atoms with Crippen molar-refractivity contribution >= 4 is 5.91 Å². The third-order valence-electron chi connectivity index (χ3n) is 7.64. The SMILES string of the molecule is CCCCC/C=C\C/C=C\C/C=C\CCCCCCCCC(=O)NC(CO)C(O)/C=C/CC/C=C/CC/C=C/CCCCC. The first-order valence-electron chi connectivity index (χ1n) is 18.2. The van der Waals surface area contributed by atoms with Crippen LogP contribution in [-0.2, 0) is 4.79 Å². The summed E-state index contributed by atoms with van der Waals surface area (Å²) in [5, 5.41) is 22.8. The normalized spacial score (nSPS) is 14.0. The van der Waals surface area contributed by atoms with Crippen LogP contribution in [0.25, 0.3) is 0 Å². The van der Waals surface area contributed by atoms with Gasteiger partial charge in [0.2, 0.25) is 5.91 Å². The van der Waals surface area contributed by atoms with E-state index in [4.69, 9.17) is 0 Å². The molecule has 0 bridgehead atoms. The maximum absolute atomic E-state index is 12.3. The van der Waals surface area contributed by atoms with E-state index in [-0.39, 0.29) is 12.5 Å². The Bertz CT molecular complexity index is 792. The molecule has 0 saturated heterocycles. The predicted octanol–water partition coefficient (Wildman–Crippen LogP) is 10.8. The summed E-state index contributed by atoms with van der Waals surface area (Å²) in [6.07, 6.45) is 49.8. The van der Waals surface area contributed by atoms with Crippen LogP contribution >= 0.6 is 0 Å². The smallest absolute Gasteiger partial charge is 0.220 e. The van der Waals surface area contributed by atoms with Crippen molar-refractivity contribution in [1.82, 2.24) is 5.32 Å². The lowest BCUT2D eigenvalue weighted by Crippen LogP contribution is -2.45. The number of amides is 1.